The second kappa shape index (κ2) is 7.94. The van der Waals surface area contributed by atoms with E-state index < -0.39 is 0 Å². The average molecular weight is 293 g/mol. The molecule has 2 unspecified atom stereocenters. The Morgan fingerprint density at radius 1 is 0.952 bits per heavy atom. The lowest BCUT2D eigenvalue weighted by Crippen LogP contribution is -2.46. The third-order valence-electron chi connectivity index (χ3n) is 6.04. The first kappa shape index (κ1) is 15.8. The molecule has 21 heavy (non-hydrogen) atoms. The zero-order chi connectivity index (χ0) is 14.5. The van der Waals surface area contributed by atoms with Crippen LogP contribution in [0.25, 0.3) is 0 Å². The first-order chi connectivity index (χ1) is 10.4. The van der Waals surface area contributed by atoms with Gasteiger partial charge in [0.2, 0.25) is 0 Å². The summed E-state index contributed by atoms with van der Waals surface area (Å²) in [5, 5.41) is 3.81. The number of nitrogens with one attached hydrogen (secondary N) is 1. The molecule has 0 bridgehead atoms. The van der Waals surface area contributed by atoms with Gasteiger partial charge in [0.05, 0.1) is 0 Å². The van der Waals surface area contributed by atoms with Crippen LogP contribution in [-0.4, -0.2) is 61.2 Å². The van der Waals surface area contributed by atoms with Crippen molar-refractivity contribution in [2.24, 2.45) is 5.92 Å². The number of hydrogen-bond donors (Lipinski definition) is 1. The number of likely N-dealkylation sites (tertiary alicyclic amines) is 2. The van der Waals surface area contributed by atoms with E-state index in [0.717, 1.165) is 24.5 Å². The summed E-state index contributed by atoms with van der Waals surface area (Å²) in [5.41, 5.74) is 0. The van der Waals surface area contributed by atoms with Crippen molar-refractivity contribution in [2.45, 2.75) is 70.4 Å². The van der Waals surface area contributed by atoms with Crippen molar-refractivity contribution < 1.29 is 0 Å². The molecule has 2 saturated heterocycles. The molecule has 1 N–H and O–H groups in total. The van der Waals surface area contributed by atoms with Crippen molar-refractivity contribution >= 4 is 0 Å². The number of rotatable bonds is 6. The van der Waals surface area contributed by atoms with E-state index >= 15 is 0 Å². The second-order valence-corrected chi connectivity index (χ2v) is 7.51. The summed E-state index contributed by atoms with van der Waals surface area (Å²) in [7, 11) is 0. The van der Waals surface area contributed by atoms with Gasteiger partial charge in [-0.3, -0.25) is 4.90 Å². The zero-order valence-corrected chi connectivity index (χ0v) is 14.0. The molecule has 3 fully saturated rings. The molecule has 1 aliphatic carbocycles. The maximum atomic E-state index is 3.81. The van der Waals surface area contributed by atoms with E-state index in [4.69, 9.17) is 0 Å². The Bertz CT molecular complexity index is 295. The number of hydrogen-bond acceptors (Lipinski definition) is 3. The second-order valence-electron chi connectivity index (χ2n) is 7.51. The van der Waals surface area contributed by atoms with Gasteiger partial charge in [0, 0.05) is 25.2 Å². The Morgan fingerprint density at radius 3 is 2.43 bits per heavy atom. The van der Waals surface area contributed by atoms with Gasteiger partial charge in [0.15, 0.2) is 0 Å². The summed E-state index contributed by atoms with van der Waals surface area (Å²) in [6.45, 7) is 10.1. The average Bonchev–Trinajstić information content (AvgIpc) is 3.19. The van der Waals surface area contributed by atoms with Crippen LogP contribution in [0.15, 0.2) is 0 Å². The van der Waals surface area contributed by atoms with Crippen molar-refractivity contribution in [2.75, 3.05) is 39.3 Å². The molecule has 122 valence electrons. The molecule has 3 heteroatoms. The molecular weight excluding hydrogens is 258 g/mol. The number of likely N-dealkylation sites (N-methyl/N-ethyl adjacent to an activating group) is 1. The van der Waals surface area contributed by atoms with E-state index in [9.17, 15) is 0 Å². The van der Waals surface area contributed by atoms with Crippen LogP contribution in [0, 0.1) is 5.92 Å². The highest BCUT2D eigenvalue weighted by Gasteiger charge is 2.32. The fourth-order valence-electron chi connectivity index (χ4n) is 4.84. The Labute approximate surface area is 131 Å². The standard InChI is InChI=1S/C18H35N3/c1-2-19-18(16-8-4-3-5-9-16)15-20-13-10-17(14-20)21-11-6-7-12-21/h16-19H,2-15H2,1H3. The Morgan fingerprint density at radius 2 is 1.71 bits per heavy atom. The van der Waals surface area contributed by atoms with Gasteiger partial charge in [0.1, 0.15) is 0 Å². The van der Waals surface area contributed by atoms with E-state index in [1.807, 2.05) is 0 Å². The largest absolute Gasteiger partial charge is 0.313 e. The topological polar surface area (TPSA) is 18.5 Å². The third kappa shape index (κ3) is 4.20. The van der Waals surface area contributed by atoms with Crippen molar-refractivity contribution in [3.05, 3.63) is 0 Å². The first-order valence-electron chi connectivity index (χ1n) is 9.56. The molecule has 2 atom stereocenters. The van der Waals surface area contributed by atoms with Crippen LogP contribution in [0.2, 0.25) is 0 Å². The Kier molecular flexibility index (Phi) is 5.96. The lowest BCUT2D eigenvalue weighted by molar-refractivity contribution is 0.189. The van der Waals surface area contributed by atoms with Gasteiger partial charge in [-0.2, -0.15) is 0 Å². The van der Waals surface area contributed by atoms with Crippen LogP contribution in [-0.2, 0) is 0 Å². The van der Waals surface area contributed by atoms with Gasteiger partial charge in [-0.25, -0.2) is 0 Å². The normalized spacial score (nSPS) is 31.0. The quantitative estimate of drug-likeness (QED) is 0.812. The molecular formula is C18H35N3. The number of nitrogens with zero attached hydrogens (tertiary/aromatic N) is 2. The molecule has 3 rings (SSSR count). The molecule has 0 amide bonds. The maximum Gasteiger partial charge on any atom is 0.0235 e. The third-order valence-corrected chi connectivity index (χ3v) is 6.04. The summed E-state index contributed by atoms with van der Waals surface area (Å²) >= 11 is 0. The molecule has 2 heterocycles. The highest BCUT2D eigenvalue weighted by Crippen LogP contribution is 2.28. The molecule has 1 saturated carbocycles. The summed E-state index contributed by atoms with van der Waals surface area (Å²) in [6.07, 6.45) is 11.6. The Balaban J connectivity index is 1.48. The predicted octanol–water partition coefficient (Wildman–Crippen LogP) is 2.71. The van der Waals surface area contributed by atoms with Crippen LogP contribution in [0.4, 0.5) is 0 Å². The highest BCUT2D eigenvalue weighted by atomic mass is 15.3. The van der Waals surface area contributed by atoms with E-state index in [0.29, 0.717) is 0 Å². The molecule has 0 aromatic heterocycles. The van der Waals surface area contributed by atoms with Crippen molar-refractivity contribution in [1.82, 2.24) is 15.1 Å². The van der Waals surface area contributed by atoms with Crippen molar-refractivity contribution in [3.8, 4) is 0 Å². The van der Waals surface area contributed by atoms with Gasteiger partial charge >= 0.3 is 0 Å². The molecule has 0 aromatic carbocycles. The van der Waals surface area contributed by atoms with Crippen molar-refractivity contribution in [3.63, 3.8) is 0 Å². The lowest BCUT2D eigenvalue weighted by atomic mass is 9.83. The van der Waals surface area contributed by atoms with Crippen LogP contribution >= 0.6 is 0 Å². The Hall–Kier alpha value is -0.120. The molecule has 0 aromatic rings. The SMILES string of the molecule is CCNC(CN1CCC(N2CCCC2)C1)C1CCCCC1. The van der Waals surface area contributed by atoms with Crippen LogP contribution in [0.3, 0.4) is 0 Å². The van der Waals surface area contributed by atoms with Gasteiger partial charge in [0.25, 0.3) is 0 Å². The van der Waals surface area contributed by atoms with Crippen molar-refractivity contribution in [1.29, 1.82) is 0 Å². The van der Waals surface area contributed by atoms with E-state index in [1.54, 1.807) is 0 Å². The van der Waals surface area contributed by atoms with E-state index in [2.05, 4.69) is 22.0 Å². The van der Waals surface area contributed by atoms with Gasteiger partial charge < -0.3 is 10.2 Å². The monoisotopic (exact) mass is 293 g/mol. The smallest absolute Gasteiger partial charge is 0.0235 e. The first-order valence-corrected chi connectivity index (χ1v) is 9.56. The summed E-state index contributed by atoms with van der Waals surface area (Å²) in [6, 6.07) is 1.61. The lowest BCUT2D eigenvalue weighted by Gasteiger charge is -2.34. The molecule has 0 spiro atoms. The minimum absolute atomic E-state index is 0.743. The molecule has 3 aliphatic rings. The van der Waals surface area contributed by atoms with E-state index in [1.165, 1.54) is 84.1 Å². The molecule has 0 radical (unpaired) electrons. The van der Waals surface area contributed by atoms with Crippen LogP contribution < -0.4 is 5.32 Å². The summed E-state index contributed by atoms with van der Waals surface area (Å²) in [4.78, 5) is 5.51. The zero-order valence-electron chi connectivity index (χ0n) is 14.0. The predicted molar refractivity (Wildman–Crippen MR) is 89.7 cm³/mol. The van der Waals surface area contributed by atoms with Gasteiger partial charge in [-0.1, -0.05) is 26.2 Å². The fraction of sp³-hybridized carbons (Fsp3) is 1.00. The fourth-order valence-corrected chi connectivity index (χ4v) is 4.84. The summed E-state index contributed by atoms with van der Waals surface area (Å²) < 4.78 is 0. The van der Waals surface area contributed by atoms with Gasteiger partial charge in [-0.15, -0.1) is 0 Å². The molecule has 2 aliphatic heterocycles. The minimum Gasteiger partial charge on any atom is -0.313 e. The minimum atomic E-state index is 0.743. The highest BCUT2D eigenvalue weighted by molar-refractivity contribution is 4.89. The van der Waals surface area contributed by atoms with Crippen LogP contribution in [0.5, 0.6) is 0 Å². The van der Waals surface area contributed by atoms with Gasteiger partial charge in [-0.05, 0) is 64.2 Å². The molecule has 3 nitrogen and oxygen atoms in total. The van der Waals surface area contributed by atoms with E-state index in [-0.39, 0.29) is 0 Å². The van der Waals surface area contributed by atoms with Crippen LogP contribution in [0.1, 0.15) is 58.3 Å². The maximum absolute atomic E-state index is 3.81. The summed E-state index contributed by atoms with van der Waals surface area (Å²) in [5.74, 6) is 0.935.